The number of rotatable bonds is 8. The van der Waals surface area contributed by atoms with Gasteiger partial charge in [0.1, 0.15) is 12.6 Å². The summed E-state index contributed by atoms with van der Waals surface area (Å²) in [6.45, 7) is 4.39. The highest BCUT2D eigenvalue weighted by atomic mass is 35.5. The molecule has 2 unspecified atom stereocenters. The van der Waals surface area contributed by atoms with Crippen molar-refractivity contribution in [1.29, 1.82) is 0 Å². The highest BCUT2D eigenvalue weighted by molar-refractivity contribution is 6.37. The molecule has 4 rings (SSSR count). The van der Waals surface area contributed by atoms with E-state index in [0.29, 0.717) is 40.0 Å². The van der Waals surface area contributed by atoms with E-state index in [9.17, 15) is 9.59 Å². The van der Waals surface area contributed by atoms with Gasteiger partial charge in [0.05, 0.1) is 11.4 Å². The summed E-state index contributed by atoms with van der Waals surface area (Å²) < 4.78 is 0. The maximum Gasteiger partial charge on any atom is 0.252 e. The summed E-state index contributed by atoms with van der Waals surface area (Å²) in [5.41, 5.74) is 3.72. The van der Waals surface area contributed by atoms with Crippen LogP contribution in [0, 0.1) is 5.92 Å². The molecule has 0 bridgehead atoms. The smallest absolute Gasteiger partial charge is 0.252 e. The van der Waals surface area contributed by atoms with Crippen molar-refractivity contribution in [1.82, 2.24) is 5.32 Å². The lowest BCUT2D eigenvalue weighted by Gasteiger charge is -2.26. The molecule has 2 atom stereocenters. The molecule has 3 aromatic rings. The van der Waals surface area contributed by atoms with Gasteiger partial charge in [-0.15, -0.1) is 0 Å². The Morgan fingerprint density at radius 1 is 1.03 bits per heavy atom. The highest BCUT2D eigenvalue weighted by Crippen LogP contribution is 2.34. The molecule has 0 radical (unpaired) electrons. The SMILES string of the molecule is CCC(C)C1N=C(c2ccccc2Cl)c2cc(Cl)ccc2N(CC(=O)NCCc2ccccc2)C1=O. The zero-order valence-corrected chi connectivity index (χ0v) is 21.9. The van der Waals surface area contributed by atoms with Crippen molar-refractivity contribution in [2.45, 2.75) is 32.7 Å². The minimum absolute atomic E-state index is 0.0385. The van der Waals surface area contributed by atoms with Gasteiger partial charge in [0.2, 0.25) is 5.91 Å². The van der Waals surface area contributed by atoms with E-state index in [-0.39, 0.29) is 24.3 Å². The standard InChI is InChI=1S/C29H29Cl2N3O2/c1-3-19(2)27-29(36)34(18-26(35)32-16-15-20-9-5-4-6-10-20)25-14-13-21(30)17-23(25)28(33-27)22-11-7-8-12-24(22)31/h4-14,17,19,27H,3,15-16,18H2,1-2H3,(H,32,35). The molecule has 5 nitrogen and oxygen atoms in total. The Bertz CT molecular complexity index is 1280. The first kappa shape index (κ1) is 25.9. The van der Waals surface area contributed by atoms with E-state index in [2.05, 4.69) is 5.32 Å². The largest absolute Gasteiger partial charge is 0.354 e. The Hall–Kier alpha value is -3.15. The molecule has 0 spiro atoms. The number of fused-ring (bicyclic) bond motifs is 1. The molecule has 1 heterocycles. The van der Waals surface area contributed by atoms with Gasteiger partial charge in [0.15, 0.2) is 0 Å². The fourth-order valence-corrected chi connectivity index (χ4v) is 4.69. The molecule has 1 aliphatic heterocycles. The number of aliphatic imine (C=N–C) groups is 1. The molecule has 36 heavy (non-hydrogen) atoms. The van der Waals surface area contributed by atoms with Gasteiger partial charge < -0.3 is 10.2 Å². The minimum atomic E-state index is -0.662. The summed E-state index contributed by atoms with van der Waals surface area (Å²) in [5.74, 6) is -0.485. The van der Waals surface area contributed by atoms with Gasteiger partial charge in [-0.25, -0.2) is 0 Å². The summed E-state index contributed by atoms with van der Waals surface area (Å²) in [4.78, 5) is 33.3. The Morgan fingerprint density at radius 2 is 1.75 bits per heavy atom. The predicted molar refractivity (Wildman–Crippen MR) is 147 cm³/mol. The van der Waals surface area contributed by atoms with Crippen LogP contribution in [-0.2, 0) is 16.0 Å². The maximum atomic E-state index is 13.9. The van der Waals surface area contributed by atoms with Crippen LogP contribution in [0.25, 0.3) is 0 Å². The van der Waals surface area contributed by atoms with Gasteiger partial charge in [0, 0.05) is 27.7 Å². The second kappa shape index (κ2) is 11.7. The number of nitrogens with one attached hydrogen (secondary N) is 1. The van der Waals surface area contributed by atoms with Crippen LogP contribution >= 0.6 is 23.2 Å². The van der Waals surface area contributed by atoms with E-state index < -0.39 is 6.04 Å². The minimum Gasteiger partial charge on any atom is -0.354 e. The van der Waals surface area contributed by atoms with E-state index in [1.54, 1.807) is 24.3 Å². The Morgan fingerprint density at radius 3 is 2.47 bits per heavy atom. The number of carbonyl (C=O) groups excluding carboxylic acids is 2. The van der Waals surface area contributed by atoms with Crippen LogP contribution in [-0.4, -0.2) is 36.7 Å². The Balaban J connectivity index is 1.69. The molecular weight excluding hydrogens is 493 g/mol. The van der Waals surface area contributed by atoms with Crippen LogP contribution < -0.4 is 10.2 Å². The van der Waals surface area contributed by atoms with Crippen molar-refractivity contribution in [2.75, 3.05) is 18.0 Å². The predicted octanol–water partition coefficient (Wildman–Crippen LogP) is 5.95. The number of nitrogens with zero attached hydrogens (tertiary/aromatic N) is 2. The molecule has 7 heteroatoms. The van der Waals surface area contributed by atoms with Crippen LogP contribution in [0.15, 0.2) is 77.8 Å². The van der Waals surface area contributed by atoms with Crippen LogP contribution in [0.5, 0.6) is 0 Å². The zero-order valence-electron chi connectivity index (χ0n) is 20.4. The number of benzene rings is 3. The lowest BCUT2D eigenvalue weighted by atomic mass is 9.97. The number of halogens is 2. The van der Waals surface area contributed by atoms with Crippen LogP contribution in [0.4, 0.5) is 5.69 Å². The average molecular weight is 522 g/mol. The topological polar surface area (TPSA) is 61.8 Å². The molecule has 0 aromatic heterocycles. The van der Waals surface area contributed by atoms with Crippen molar-refractivity contribution in [3.8, 4) is 0 Å². The molecule has 186 valence electrons. The molecule has 0 fully saturated rings. The first-order valence-electron chi connectivity index (χ1n) is 12.1. The van der Waals surface area contributed by atoms with E-state index in [1.165, 1.54) is 4.90 Å². The normalized spacial score (nSPS) is 16.1. The molecule has 1 N–H and O–H groups in total. The fourth-order valence-electron chi connectivity index (χ4n) is 4.29. The first-order chi connectivity index (χ1) is 17.4. The summed E-state index contributed by atoms with van der Waals surface area (Å²) >= 11 is 13.0. The lowest BCUT2D eigenvalue weighted by Crippen LogP contribution is -2.46. The molecule has 0 aliphatic carbocycles. The molecular formula is C29H29Cl2N3O2. The van der Waals surface area contributed by atoms with E-state index in [4.69, 9.17) is 28.2 Å². The number of hydrogen-bond acceptors (Lipinski definition) is 3. The monoisotopic (exact) mass is 521 g/mol. The zero-order chi connectivity index (χ0) is 25.7. The second-order valence-electron chi connectivity index (χ2n) is 8.96. The van der Waals surface area contributed by atoms with Gasteiger partial charge in [-0.2, -0.15) is 0 Å². The number of benzodiazepines with no additional fused rings is 1. The van der Waals surface area contributed by atoms with Crippen molar-refractivity contribution in [3.05, 3.63) is 99.5 Å². The Kier molecular flexibility index (Phi) is 8.44. The quantitative estimate of drug-likeness (QED) is 0.398. The highest BCUT2D eigenvalue weighted by Gasteiger charge is 2.36. The van der Waals surface area contributed by atoms with Crippen LogP contribution in [0.3, 0.4) is 0 Å². The number of amides is 2. The van der Waals surface area contributed by atoms with Gasteiger partial charge in [-0.05, 0) is 42.2 Å². The number of hydrogen-bond donors (Lipinski definition) is 1. The molecule has 0 saturated carbocycles. The third-order valence-electron chi connectivity index (χ3n) is 6.48. The van der Waals surface area contributed by atoms with E-state index in [0.717, 1.165) is 17.5 Å². The first-order valence-corrected chi connectivity index (χ1v) is 12.9. The molecule has 0 saturated heterocycles. The van der Waals surface area contributed by atoms with Crippen molar-refractivity contribution in [3.63, 3.8) is 0 Å². The van der Waals surface area contributed by atoms with Crippen molar-refractivity contribution < 1.29 is 9.59 Å². The van der Waals surface area contributed by atoms with Crippen LogP contribution in [0.2, 0.25) is 10.0 Å². The molecule has 2 amide bonds. The van der Waals surface area contributed by atoms with Crippen LogP contribution in [0.1, 0.15) is 37.0 Å². The maximum absolute atomic E-state index is 13.9. The summed E-state index contributed by atoms with van der Waals surface area (Å²) in [7, 11) is 0. The van der Waals surface area contributed by atoms with Gasteiger partial charge in [-0.1, -0.05) is 92.0 Å². The van der Waals surface area contributed by atoms with Crippen molar-refractivity contribution in [2.24, 2.45) is 10.9 Å². The molecule has 3 aromatic carbocycles. The van der Waals surface area contributed by atoms with Gasteiger partial charge in [-0.3, -0.25) is 14.6 Å². The van der Waals surface area contributed by atoms with Gasteiger partial charge >= 0.3 is 0 Å². The Labute approximate surface area is 222 Å². The molecule has 1 aliphatic rings. The number of carbonyl (C=O) groups is 2. The third kappa shape index (κ3) is 5.80. The summed E-state index contributed by atoms with van der Waals surface area (Å²) in [5, 5.41) is 4.00. The number of anilines is 1. The van der Waals surface area contributed by atoms with Gasteiger partial charge in [0.25, 0.3) is 5.91 Å². The van der Waals surface area contributed by atoms with Crippen molar-refractivity contribution >= 4 is 46.4 Å². The summed E-state index contributed by atoms with van der Waals surface area (Å²) in [6.07, 6.45) is 1.46. The summed E-state index contributed by atoms with van der Waals surface area (Å²) in [6, 6.07) is 22.0. The second-order valence-corrected chi connectivity index (χ2v) is 9.80. The van der Waals surface area contributed by atoms with E-state index in [1.807, 2.05) is 62.4 Å². The fraction of sp³-hybridized carbons (Fsp3) is 0.276. The van der Waals surface area contributed by atoms with E-state index >= 15 is 0 Å². The third-order valence-corrected chi connectivity index (χ3v) is 7.05. The lowest BCUT2D eigenvalue weighted by molar-refractivity contribution is -0.124. The average Bonchev–Trinajstić information content (AvgIpc) is 2.99.